The lowest BCUT2D eigenvalue weighted by Gasteiger charge is -2.08. The molecule has 0 radical (unpaired) electrons. The van der Waals surface area contributed by atoms with E-state index in [9.17, 15) is 4.39 Å². The quantitative estimate of drug-likeness (QED) is 0.681. The molecule has 2 aromatic heterocycles. The number of alkyl halides is 1. The van der Waals surface area contributed by atoms with Gasteiger partial charge in [-0.3, -0.25) is 0 Å². The van der Waals surface area contributed by atoms with Gasteiger partial charge in [0.1, 0.15) is 10.3 Å². The van der Waals surface area contributed by atoms with Gasteiger partial charge < -0.3 is 5.32 Å². The lowest BCUT2D eigenvalue weighted by Crippen LogP contribution is -2.03. The highest BCUT2D eigenvalue weighted by atomic mass is 79.9. The Kier molecular flexibility index (Phi) is 5.92. The zero-order valence-electron chi connectivity index (χ0n) is 14.6. The van der Waals surface area contributed by atoms with Crippen molar-refractivity contribution in [2.75, 3.05) is 11.9 Å². The third kappa shape index (κ3) is 3.75. The minimum Gasteiger partial charge on any atom is -0.384 e. The number of fused-ring (bicyclic) bond motifs is 1. The molecule has 1 saturated carbocycles. The van der Waals surface area contributed by atoms with Crippen LogP contribution in [0, 0.1) is 26.7 Å². The van der Waals surface area contributed by atoms with Crippen LogP contribution in [-0.2, 0) is 6.42 Å². The average molecular weight is 394 g/mol. The number of anilines is 1. The van der Waals surface area contributed by atoms with Crippen molar-refractivity contribution in [1.29, 1.82) is 0 Å². The van der Waals surface area contributed by atoms with E-state index in [1.807, 2.05) is 11.4 Å². The van der Waals surface area contributed by atoms with Crippen LogP contribution in [0.3, 0.4) is 0 Å². The molecule has 3 nitrogen and oxygen atoms in total. The van der Waals surface area contributed by atoms with Crippen molar-refractivity contribution >= 4 is 27.1 Å². The zero-order valence-corrected chi connectivity index (χ0v) is 16.2. The monoisotopic (exact) mass is 393 g/mol. The predicted molar refractivity (Wildman–Crippen MR) is 102 cm³/mol. The van der Waals surface area contributed by atoms with Crippen molar-refractivity contribution in [1.82, 2.24) is 9.61 Å². The number of halogens is 2. The van der Waals surface area contributed by atoms with Gasteiger partial charge in [-0.1, -0.05) is 0 Å². The average Bonchev–Trinajstić information content (AvgIpc) is 3.24. The van der Waals surface area contributed by atoms with E-state index in [1.165, 1.54) is 11.1 Å². The molecule has 1 fully saturated rings. The third-order valence-corrected chi connectivity index (χ3v) is 5.35. The van der Waals surface area contributed by atoms with Gasteiger partial charge in [-0.15, -0.1) is 12.8 Å². The summed E-state index contributed by atoms with van der Waals surface area (Å²) in [6.45, 7) is 7.11. The fourth-order valence-corrected chi connectivity index (χ4v) is 3.89. The van der Waals surface area contributed by atoms with Crippen LogP contribution in [0.25, 0.3) is 5.52 Å². The summed E-state index contributed by atoms with van der Waals surface area (Å²) in [4.78, 5) is 0. The molecule has 0 atom stereocenters. The van der Waals surface area contributed by atoms with Gasteiger partial charge >= 0.3 is 0 Å². The van der Waals surface area contributed by atoms with E-state index < -0.39 is 5.67 Å². The Balaban J connectivity index is 0.00000100. The second kappa shape index (κ2) is 7.57. The number of rotatable bonds is 6. The number of nitrogens with one attached hydrogen (secondary N) is 1. The number of aryl methyl sites for hydroxylation is 2. The van der Waals surface area contributed by atoms with Crippen LogP contribution >= 0.6 is 15.9 Å². The molecule has 2 heterocycles. The summed E-state index contributed by atoms with van der Waals surface area (Å²) in [5.74, 6) is 0. The van der Waals surface area contributed by atoms with Crippen LogP contribution in [0.1, 0.15) is 49.4 Å². The lowest BCUT2D eigenvalue weighted by molar-refractivity contribution is 0.284. The van der Waals surface area contributed by atoms with E-state index in [0.29, 0.717) is 6.42 Å². The highest BCUT2D eigenvalue weighted by Gasteiger charge is 2.42. The van der Waals surface area contributed by atoms with Gasteiger partial charge in [-0.25, -0.2) is 8.91 Å². The fourth-order valence-electron chi connectivity index (χ4n) is 3.14. The fraction of sp³-hybridized carbons (Fsp3) is 0.526. The number of nitrogens with zero attached hydrogens (tertiary/aromatic N) is 2. The Labute approximate surface area is 152 Å². The smallest absolute Gasteiger partial charge is 0.111 e. The van der Waals surface area contributed by atoms with Gasteiger partial charge in [0, 0.05) is 6.54 Å². The number of aromatic nitrogens is 2. The predicted octanol–water partition coefficient (Wildman–Crippen LogP) is 5.22. The minimum atomic E-state index is -0.858. The molecule has 0 unspecified atom stereocenters. The first-order valence-electron chi connectivity index (χ1n) is 8.38. The standard InChI is InChI=1S/C17H23BrFN3.C2H2/c1-4-20-14-10-11(2)21-22-15(14)12(3)13(16(22)18)6-5-7-17(19)8-9-17;1-2/h10,20H,4-9H2,1-3H3;1-2H. The van der Waals surface area contributed by atoms with Crippen LogP contribution in [0.4, 0.5) is 10.1 Å². The van der Waals surface area contributed by atoms with Crippen LogP contribution in [-0.4, -0.2) is 21.8 Å². The molecule has 1 N–H and O–H groups in total. The van der Waals surface area contributed by atoms with E-state index in [4.69, 9.17) is 0 Å². The first kappa shape index (κ1) is 18.8. The van der Waals surface area contributed by atoms with E-state index in [-0.39, 0.29) is 0 Å². The summed E-state index contributed by atoms with van der Waals surface area (Å²) < 4.78 is 16.8. The molecule has 0 aliphatic heterocycles. The van der Waals surface area contributed by atoms with Gasteiger partial charge in [0.15, 0.2) is 0 Å². The summed E-state index contributed by atoms with van der Waals surface area (Å²) in [5, 5.41) is 8.05. The second-order valence-corrected chi connectivity index (χ2v) is 7.14. The van der Waals surface area contributed by atoms with Crippen LogP contribution in [0.2, 0.25) is 0 Å². The molecule has 0 amide bonds. The number of terminal acetylenes is 1. The van der Waals surface area contributed by atoms with Crippen LogP contribution in [0.5, 0.6) is 0 Å². The first-order valence-corrected chi connectivity index (χ1v) is 9.18. The molecule has 0 saturated heterocycles. The van der Waals surface area contributed by atoms with E-state index >= 15 is 0 Å². The maximum Gasteiger partial charge on any atom is 0.111 e. The molecule has 2 aromatic rings. The van der Waals surface area contributed by atoms with Crippen LogP contribution in [0.15, 0.2) is 10.7 Å². The molecule has 0 bridgehead atoms. The van der Waals surface area contributed by atoms with Gasteiger partial charge in [-0.05, 0) is 86.0 Å². The van der Waals surface area contributed by atoms with Crippen molar-refractivity contribution in [2.45, 2.75) is 58.5 Å². The Hall–Kier alpha value is -1.54. The Morgan fingerprint density at radius 1 is 1.38 bits per heavy atom. The van der Waals surface area contributed by atoms with Crippen molar-refractivity contribution in [3.63, 3.8) is 0 Å². The van der Waals surface area contributed by atoms with Gasteiger partial charge in [0.2, 0.25) is 0 Å². The van der Waals surface area contributed by atoms with Crippen molar-refractivity contribution in [3.05, 3.63) is 27.5 Å². The number of hydrogen-bond donors (Lipinski definition) is 1. The number of hydrogen-bond acceptors (Lipinski definition) is 2. The molecule has 0 spiro atoms. The summed E-state index contributed by atoms with van der Waals surface area (Å²) >= 11 is 3.70. The maximum atomic E-state index is 13.8. The molecule has 5 heteroatoms. The Bertz CT molecular complexity index is 744. The van der Waals surface area contributed by atoms with Crippen molar-refractivity contribution in [2.24, 2.45) is 0 Å². The van der Waals surface area contributed by atoms with Crippen LogP contribution < -0.4 is 5.32 Å². The zero-order chi connectivity index (χ0) is 17.9. The molecule has 1 aliphatic carbocycles. The van der Waals surface area contributed by atoms with Gasteiger partial charge in [0.05, 0.1) is 16.9 Å². The van der Waals surface area contributed by atoms with E-state index in [1.54, 1.807) is 0 Å². The summed E-state index contributed by atoms with van der Waals surface area (Å²) in [7, 11) is 0. The molecule has 24 heavy (non-hydrogen) atoms. The molecule has 1 aliphatic rings. The summed E-state index contributed by atoms with van der Waals surface area (Å²) in [6.07, 6.45) is 12.0. The van der Waals surface area contributed by atoms with E-state index in [2.05, 4.69) is 59.1 Å². The van der Waals surface area contributed by atoms with Crippen molar-refractivity contribution in [3.8, 4) is 12.8 Å². The van der Waals surface area contributed by atoms with E-state index in [0.717, 1.165) is 53.7 Å². The summed E-state index contributed by atoms with van der Waals surface area (Å²) in [5.41, 5.74) is 4.84. The molecular weight excluding hydrogens is 369 g/mol. The second-order valence-electron chi connectivity index (χ2n) is 6.39. The largest absolute Gasteiger partial charge is 0.384 e. The minimum absolute atomic E-state index is 0.678. The molecule has 0 aromatic carbocycles. The first-order chi connectivity index (χ1) is 11.4. The topological polar surface area (TPSA) is 29.3 Å². The Morgan fingerprint density at radius 2 is 2.04 bits per heavy atom. The molecule has 3 rings (SSSR count). The normalized spacial score (nSPS) is 15.0. The van der Waals surface area contributed by atoms with Crippen molar-refractivity contribution < 1.29 is 4.39 Å². The molecule has 130 valence electrons. The Morgan fingerprint density at radius 3 is 2.62 bits per heavy atom. The highest BCUT2D eigenvalue weighted by molar-refractivity contribution is 9.10. The highest BCUT2D eigenvalue weighted by Crippen LogP contribution is 2.44. The summed E-state index contributed by atoms with van der Waals surface area (Å²) in [6, 6.07) is 2.09. The lowest BCUT2D eigenvalue weighted by atomic mass is 10.0. The SMILES string of the molecule is C#C.CCNc1cc(C)nn2c(Br)c(CCCC3(F)CC3)c(C)c12. The molecular formula is C19H25BrFN3. The maximum absolute atomic E-state index is 13.8. The van der Waals surface area contributed by atoms with Gasteiger partial charge in [-0.2, -0.15) is 5.10 Å². The third-order valence-electron chi connectivity index (χ3n) is 4.53. The van der Waals surface area contributed by atoms with Gasteiger partial charge in [0.25, 0.3) is 0 Å².